The number of hydrogen-bond acceptors (Lipinski definition) is 5. The van der Waals surface area contributed by atoms with Crippen LogP contribution in [0.3, 0.4) is 0 Å². The maximum absolute atomic E-state index is 5.62. The summed E-state index contributed by atoms with van der Waals surface area (Å²) in [6, 6.07) is 10.6. The molecule has 5 rings (SSSR count). The van der Waals surface area contributed by atoms with Crippen LogP contribution in [0.1, 0.15) is 49.2 Å². The molecule has 0 amide bonds. The average molecular weight is 338 g/mol. The zero-order valence-corrected chi connectivity index (χ0v) is 14.1. The Balaban J connectivity index is 1.32. The van der Waals surface area contributed by atoms with Gasteiger partial charge in [-0.3, -0.25) is 0 Å². The van der Waals surface area contributed by atoms with Gasteiger partial charge in [-0.2, -0.15) is 0 Å². The summed E-state index contributed by atoms with van der Waals surface area (Å²) in [4.78, 5) is 4.60. The molecule has 2 fully saturated rings. The summed E-state index contributed by atoms with van der Waals surface area (Å²) in [7, 11) is 0. The van der Waals surface area contributed by atoms with Crippen LogP contribution < -0.4 is 0 Å². The number of benzene rings is 1. The second kappa shape index (κ2) is 5.77. The van der Waals surface area contributed by atoms with E-state index in [1.165, 1.54) is 31.5 Å². The molecule has 0 spiro atoms. The maximum atomic E-state index is 5.62. The van der Waals surface area contributed by atoms with Crippen LogP contribution in [0.2, 0.25) is 0 Å². The van der Waals surface area contributed by atoms with Crippen molar-refractivity contribution < 1.29 is 4.42 Å². The number of aromatic nitrogens is 4. The van der Waals surface area contributed by atoms with Crippen molar-refractivity contribution in [2.45, 2.75) is 48.6 Å². The van der Waals surface area contributed by atoms with Crippen LogP contribution in [0.4, 0.5) is 0 Å². The fourth-order valence-corrected chi connectivity index (χ4v) is 3.80. The molecule has 5 nitrogen and oxygen atoms in total. The normalized spacial score (nSPS) is 17.3. The van der Waals surface area contributed by atoms with Crippen molar-refractivity contribution >= 4 is 11.8 Å². The van der Waals surface area contributed by atoms with Gasteiger partial charge in [-0.1, -0.05) is 30.0 Å². The van der Waals surface area contributed by atoms with E-state index in [0.717, 1.165) is 22.2 Å². The molecule has 2 aromatic heterocycles. The zero-order valence-electron chi connectivity index (χ0n) is 13.3. The summed E-state index contributed by atoms with van der Waals surface area (Å²) in [5.41, 5.74) is 1.95. The van der Waals surface area contributed by atoms with Gasteiger partial charge in [0.15, 0.2) is 5.16 Å². The third-order valence-electron chi connectivity index (χ3n) is 4.47. The van der Waals surface area contributed by atoms with Gasteiger partial charge in [-0.15, -0.1) is 10.2 Å². The monoisotopic (exact) mass is 338 g/mol. The number of nitrogens with zero attached hydrogens (tertiary/aromatic N) is 4. The lowest BCUT2D eigenvalue weighted by atomic mass is 10.2. The highest BCUT2D eigenvalue weighted by Crippen LogP contribution is 2.46. The molecule has 2 aliphatic rings. The third kappa shape index (κ3) is 2.75. The molecule has 0 unspecified atom stereocenters. The van der Waals surface area contributed by atoms with E-state index in [2.05, 4.69) is 19.7 Å². The lowest BCUT2D eigenvalue weighted by Gasteiger charge is -2.07. The van der Waals surface area contributed by atoms with E-state index in [-0.39, 0.29) is 0 Å². The first kappa shape index (κ1) is 14.3. The largest absolute Gasteiger partial charge is 0.444 e. The Kier molecular flexibility index (Phi) is 3.43. The molecule has 3 aromatic rings. The van der Waals surface area contributed by atoms with Gasteiger partial charge in [-0.25, -0.2) is 4.98 Å². The maximum Gasteiger partial charge on any atom is 0.226 e. The van der Waals surface area contributed by atoms with Crippen LogP contribution in [-0.2, 0) is 5.75 Å². The van der Waals surface area contributed by atoms with E-state index >= 15 is 0 Å². The molecule has 24 heavy (non-hydrogen) atoms. The topological polar surface area (TPSA) is 56.7 Å². The zero-order chi connectivity index (χ0) is 15.9. The van der Waals surface area contributed by atoms with Crippen molar-refractivity contribution in [1.29, 1.82) is 0 Å². The molecule has 2 heterocycles. The Morgan fingerprint density at radius 3 is 2.67 bits per heavy atom. The summed E-state index contributed by atoms with van der Waals surface area (Å²) in [6.07, 6.45) is 6.79. The van der Waals surface area contributed by atoms with E-state index in [1.54, 1.807) is 18.0 Å². The molecule has 6 heteroatoms. The van der Waals surface area contributed by atoms with Gasteiger partial charge < -0.3 is 8.98 Å². The van der Waals surface area contributed by atoms with Crippen molar-refractivity contribution in [1.82, 2.24) is 19.7 Å². The molecule has 2 saturated carbocycles. The van der Waals surface area contributed by atoms with Gasteiger partial charge in [-0.05, 0) is 37.8 Å². The molecular formula is C18H18N4OS. The van der Waals surface area contributed by atoms with E-state index in [4.69, 9.17) is 4.42 Å². The number of thioether (sulfide) groups is 1. The number of oxazole rings is 1. The first-order valence-corrected chi connectivity index (χ1v) is 9.44. The van der Waals surface area contributed by atoms with Gasteiger partial charge in [0.05, 0.1) is 5.69 Å². The molecule has 0 atom stereocenters. The Bertz CT molecular complexity index is 849. The van der Waals surface area contributed by atoms with E-state index in [9.17, 15) is 0 Å². The van der Waals surface area contributed by atoms with Gasteiger partial charge in [0.25, 0.3) is 0 Å². The number of rotatable bonds is 6. The van der Waals surface area contributed by atoms with Crippen LogP contribution in [0, 0.1) is 0 Å². The number of hydrogen-bond donors (Lipinski definition) is 0. The first-order chi connectivity index (χ1) is 11.9. The highest BCUT2D eigenvalue weighted by Gasteiger charge is 2.36. The van der Waals surface area contributed by atoms with Crippen molar-refractivity contribution in [2.75, 3.05) is 0 Å². The fraction of sp³-hybridized carbons (Fsp3) is 0.389. The molecule has 0 aliphatic heterocycles. The van der Waals surface area contributed by atoms with Crippen LogP contribution in [0.25, 0.3) is 11.5 Å². The van der Waals surface area contributed by atoms with E-state index in [1.807, 2.05) is 30.3 Å². The molecular weight excluding hydrogens is 320 g/mol. The summed E-state index contributed by atoms with van der Waals surface area (Å²) in [5.74, 6) is 3.27. The lowest BCUT2D eigenvalue weighted by molar-refractivity contribution is 0.573. The quantitative estimate of drug-likeness (QED) is 0.622. The van der Waals surface area contributed by atoms with Crippen molar-refractivity contribution in [3.63, 3.8) is 0 Å². The van der Waals surface area contributed by atoms with Crippen molar-refractivity contribution in [3.8, 4) is 11.5 Å². The molecule has 0 bridgehead atoms. The van der Waals surface area contributed by atoms with Gasteiger partial charge >= 0.3 is 0 Å². The van der Waals surface area contributed by atoms with Crippen molar-refractivity contribution in [2.24, 2.45) is 0 Å². The third-order valence-corrected chi connectivity index (χ3v) is 5.44. The summed E-state index contributed by atoms with van der Waals surface area (Å²) in [5, 5.41) is 9.92. The Morgan fingerprint density at radius 1 is 1.08 bits per heavy atom. The van der Waals surface area contributed by atoms with Crippen LogP contribution in [-0.4, -0.2) is 19.7 Å². The summed E-state index contributed by atoms with van der Waals surface area (Å²) < 4.78 is 7.99. The van der Waals surface area contributed by atoms with Crippen molar-refractivity contribution in [3.05, 3.63) is 48.1 Å². The Labute approximate surface area is 144 Å². The highest BCUT2D eigenvalue weighted by atomic mass is 32.2. The predicted octanol–water partition coefficient (Wildman–Crippen LogP) is 4.44. The minimum Gasteiger partial charge on any atom is -0.444 e. The van der Waals surface area contributed by atoms with E-state index in [0.29, 0.717) is 17.9 Å². The lowest BCUT2D eigenvalue weighted by Crippen LogP contribution is -2.01. The second-order valence-corrected chi connectivity index (χ2v) is 7.46. The molecule has 0 radical (unpaired) electrons. The molecule has 2 aliphatic carbocycles. The van der Waals surface area contributed by atoms with Crippen LogP contribution in [0.15, 0.2) is 46.2 Å². The summed E-state index contributed by atoms with van der Waals surface area (Å²) in [6.45, 7) is 0. The van der Waals surface area contributed by atoms with E-state index < -0.39 is 0 Å². The predicted molar refractivity (Wildman–Crippen MR) is 91.8 cm³/mol. The van der Waals surface area contributed by atoms with Gasteiger partial charge in [0.1, 0.15) is 12.1 Å². The summed E-state index contributed by atoms with van der Waals surface area (Å²) >= 11 is 1.71. The fourth-order valence-electron chi connectivity index (χ4n) is 2.91. The molecule has 1 aromatic carbocycles. The highest BCUT2D eigenvalue weighted by molar-refractivity contribution is 7.98. The van der Waals surface area contributed by atoms with Crippen LogP contribution >= 0.6 is 11.8 Å². The Hall–Kier alpha value is -2.08. The van der Waals surface area contributed by atoms with Crippen LogP contribution in [0.5, 0.6) is 0 Å². The minimum atomic E-state index is 0.621. The minimum absolute atomic E-state index is 0.621. The SMILES string of the molecule is c1ccc(-c2nc(CSc3nnc(C4CC4)n3C3CC3)co2)cc1. The average Bonchev–Trinajstić information content (AvgIpc) is 3.55. The standard InChI is InChI=1S/C18H18N4OS/c1-2-4-13(5-3-1)17-19-14(10-23-17)11-24-18-21-20-16(12-6-7-12)22(18)15-8-9-15/h1-5,10,12,15H,6-9,11H2. The Morgan fingerprint density at radius 2 is 1.92 bits per heavy atom. The smallest absolute Gasteiger partial charge is 0.226 e. The molecule has 0 N–H and O–H groups in total. The first-order valence-electron chi connectivity index (χ1n) is 8.46. The van der Waals surface area contributed by atoms with Gasteiger partial charge in [0, 0.05) is 23.3 Å². The second-order valence-electron chi connectivity index (χ2n) is 6.51. The van der Waals surface area contributed by atoms with Gasteiger partial charge in [0.2, 0.25) is 5.89 Å². The molecule has 0 saturated heterocycles. The molecule has 122 valence electrons.